The normalized spacial score (nSPS) is 17.0. The quantitative estimate of drug-likeness (QED) is 0.100. The highest BCUT2D eigenvalue weighted by atomic mass is 32.2. The van der Waals surface area contributed by atoms with Gasteiger partial charge in [0.15, 0.2) is 6.61 Å². The van der Waals surface area contributed by atoms with E-state index in [9.17, 15) is 43.3 Å². The Morgan fingerprint density at radius 1 is 0.868 bits per heavy atom. The van der Waals surface area contributed by atoms with Gasteiger partial charge >= 0.3 is 5.97 Å². The summed E-state index contributed by atoms with van der Waals surface area (Å²) in [6, 6.07) is 20.8. The lowest BCUT2D eigenvalue weighted by Crippen LogP contribution is -2.57. The highest BCUT2D eigenvalue weighted by molar-refractivity contribution is 8.00. The predicted octanol–water partition coefficient (Wildman–Crippen LogP) is 4.93. The first kappa shape index (κ1) is 38.8. The lowest BCUT2D eigenvalue weighted by atomic mass is 9.92. The first-order chi connectivity index (χ1) is 25.3. The summed E-state index contributed by atoms with van der Waals surface area (Å²) >= 11 is 1.25. The fourth-order valence-electron chi connectivity index (χ4n) is 5.80. The topological polar surface area (TPSA) is 165 Å². The third-order valence-corrected chi connectivity index (χ3v) is 10.0. The summed E-state index contributed by atoms with van der Waals surface area (Å²) in [5.74, 6) is -3.54. The van der Waals surface area contributed by atoms with Crippen molar-refractivity contribution >= 4 is 41.1 Å². The van der Waals surface area contributed by atoms with Crippen LogP contribution in [0.3, 0.4) is 0 Å². The molecule has 5 N–H and O–H groups in total. The number of aliphatic hydroxyl groups excluding tert-OH is 1. The number of amides is 3. The Labute approximate surface area is 309 Å². The second kappa shape index (κ2) is 17.4. The Balaban J connectivity index is 1.21. The molecule has 4 aromatic rings. The molecule has 53 heavy (non-hydrogen) atoms. The summed E-state index contributed by atoms with van der Waals surface area (Å²) in [7, 11) is 0. The molecule has 1 aliphatic rings. The van der Waals surface area contributed by atoms with E-state index in [2.05, 4.69) is 10.6 Å². The number of carboxylic acids is 1. The number of nitrogens with zero attached hydrogens (tertiary/aromatic N) is 1. The monoisotopic (exact) mass is 747 g/mol. The van der Waals surface area contributed by atoms with E-state index in [1.165, 1.54) is 72.4 Å². The third kappa shape index (κ3) is 9.90. The summed E-state index contributed by atoms with van der Waals surface area (Å²) in [5, 5.41) is 34.4. The minimum absolute atomic E-state index is 0.0225. The molecule has 0 aliphatic carbocycles. The lowest BCUT2D eigenvalue weighted by molar-refractivity contribution is -0.142. The number of phenolic OH excluding ortho intramolecular Hbond substituents is 1. The van der Waals surface area contributed by atoms with Gasteiger partial charge in [-0.3, -0.25) is 14.4 Å². The van der Waals surface area contributed by atoms with Crippen LogP contribution in [-0.2, 0) is 25.6 Å². The van der Waals surface area contributed by atoms with Gasteiger partial charge in [-0.2, -0.15) is 0 Å². The van der Waals surface area contributed by atoms with Crippen molar-refractivity contribution in [1.82, 2.24) is 10.6 Å². The fourth-order valence-corrected chi connectivity index (χ4v) is 7.10. The molecule has 1 heterocycles. The van der Waals surface area contributed by atoms with Crippen LogP contribution in [0.2, 0.25) is 0 Å². The van der Waals surface area contributed by atoms with Crippen LogP contribution in [0.25, 0.3) is 0 Å². The van der Waals surface area contributed by atoms with Gasteiger partial charge in [0, 0.05) is 17.9 Å². The number of benzene rings is 4. The summed E-state index contributed by atoms with van der Waals surface area (Å²) in [6.45, 7) is 2.96. The Hall–Kier alpha value is -5.47. The molecular formula is C39H39F2N3O8S. The van der Waals surface area contributed by atoms with Gasteiger partial charge in [-0.05, 0) is 83.3 Å². The number of anilines is 1. The number of ether oxygens (including phenoxy) is 1. The number of hydrogen-bond acceptors (Lipinski definition) is 8. The summed E-state index contributed by atoms with van der Waals surface area (Å²) in [5.41, 5.74) is 2.31. The van der Waals surface area contributed by atoms with Gasteiger partial charge in [-0.1, -0.05) is 50.2 Å². The number of phenols is 1. The number of carbonyl (C=O) groups excluding carboxylic acids is 3. The van der Waals surface area contributed by atoms with Gasteiger partial charge in [0.25, 0.3) is 5.91 Å². The van der Waals surface area contributed by atoms with Crippen molar-refractivity contribution < 1.29 is 48.0 Å². The number of hydrogen-bond donors (Lipinski definition) is 5. The van der Waals surface area contributed by atoms with Crippen molar-refractivity contribution in [1.29, 1.82) is 0 Å². The molecule has 1 fully saturated rings. The van der Waals surface area contributed by atoms with E-state index < -0.39 is 71.4 Å². The molecule has 0 spiro atoms. The summed E-state index contributed by atoms with van der Waals surface area (Å²) < 4.78 is 32.8. The highest BCUT2D eigenvalue weighted by Crippen LogP contribution is 2.46. The Kier molecular flexibility index (Phi) is 12.7. The van der Waals surface area contributed by atoms with Crippen LogP contribution in [0.15, 0.2) is 97.1 Å². The molecule has 0 saturated carbocycles. The van der Waals surface area contributed by atoms with Crippen molar-refractivity contribution in [3.63, 3.8) is 0 Å². The molecule has 1 unspecified atom stereocenters. The average molecular weight is 748 g/mol. The van der Waals surface area contributed by atoms with Crippen LogP contribution in [0.4, 0.5) is 14.5 Å². The van der Waals surface area contributed by atoms with E-state index in [-0.39, 0.29) is 23.8 Å². The molecule has 5 atom stereocenters. The van der Waals surface area contributed by atoms with Gasteiger partial charge in [0.05, 0.1) is 12.1 Å². The molecule has 278 valence electrons. The van der Waals surface area contributed by atoms with E-state index in [0.29, 0.717) is 22.6 Å². The fraction of sp³-hybridized carbons (Fsp3) is 0.282. The van der Waals surface area contributed by atoms with Crippen molar-refractivity contribution in [2.45, 2.75) is 49.7 Å². The SMILES string of the molecule is CC(C)[C@@H](NC(=O)COc1ccc([C@@H]2[C@@H](SCC(O)c3ccc(F)cc3)C(=O)N2c2ccc(F)cc2)cc1)C(=O)N[C@H](Cc1ccc(O)cc1)C(=O)O. The molecule has 4 aromatic carbocycles. The number of β-lactam (4-membered cyclic amide) rings is 1. The van der Waals surface area contributed by atoms with Crippen molar-refractivity contribution in [3.05, 3.63) is 125 Å². The zero-order valence-electron chi connectivity index (χ0n) is 28.8. The van der Waals surface area contributed by atoms with E-state index in [0.717, 1.165) is 5.56 Å². The highest BCUT2D eigenvalue weighted by Gasteiger charge is 2.49. The number of aromatic hydroxyl groups is 1. The molecule has 1 saturated heterocycles. The van der Waals surface area contributed by atoms with Crippen LogP contribution in [0.1, 0.15) is 42.7 Å². The number of halogens is 2. The average Bonchev–Trinajstić information content (AvgIpc) is 3.13. The third-order valence-electron chi connectivity index (χ3n) is 8.69. The molecule has 3 amide bonds. The molecule has 14 heteroatoms. The molecule has 0 radical (unpaired) electrons. The maximum atomic E-state index is 13.7. The van der Waals surface area contributed by atoms with E-state index >= 15 is 0 Å². The van der Waals surface area contributed by atoms with E-state index in [4.69, 9.17) is 4.74 Å². The Morgan fingerprint density at radius 3 is 2.06 bits per heavy atom. The van der Waals surface area contributed by atoms with Gasteiger partial charge in [0.1, 0.15) is 40.5 Å². The van der Waals surface area contributed by atoms with Gasteiger partial charge in [0.2, 0.25) is 11.8 Å². The van der Waals surface area contributed by atoms with Crippen LogP contribution in [0, 0.1) is 17.6 Å². The van der Waals surface area contributed by atoms with Gasteiger partial charge < -0.3 is 35.6 Å². The molecule has 11 nitrogen and oxygen atoms in total. The molecule has 0 aromatic heterocycles. The number of carboxylic acid groups (broad SMARTS) is 1. The zero-order valence-corrected chi connectivity index (χ0v) is 29.6. The van der Waals surface area contributed by atoms with E-state index in [1.807, 2.05) is 0 Å². The lowest BCUT2D eigenvalue weighted by Gasteiger charge is -2.47. The number of carbonyl (C=O) groups is 4. The number of nitrogens with one attached hydrogen (secondary N) is 2. The largest absolute Gasteiger partial charge is 0.508 e. The van der Waals surface area contributed by atoms with Gasteiger partial charge in [-0.25, -0.2) is 13.6 Å². The first-order valence-corrected chi connectivity index (χ1v) is 17.8. The van der Waals surface area contributed by atoms with Crippen LogP contribution in [-0.4, -0.2) is 68.7 Å². The number of rotatable bonds is 16. The minimum atomic E-state index is -1.28. The van der Waals surface area contributed by atoms with Crippen molar-refractivity contribution in [3.8, 4) is 11.5 Å². The standard InChI is InChI=1S/C39H39F2N3O8S/c1-22(2)34(37(48)42-31(39(50)51)19-23-3-15-29(45)16-4-23)43-33(47)20-52-30-17-7-25(8-18-30)35-36(38(49)44(35)28-13-11-27(41)12-14-28)53-21-32(46)24-5-9-26(40)10-6-24/h3-18,22,31-32,34-36,45-46H,19-21H2,1-2H3,(H,42,48)(H,43,47)(H,50,51)/t31-,32?,34-,35-,36-/m1/s1. The first-order valence-electron chi connectivity index (χ1n) is 16.8. The zero-order chi connectivity index (χ0) is 38.2. The van der Waals surface area contributed by atoms with Crippen LogP contribution >= 0.6 is 11.8 Å². The van der Waals surface area contributed by atoms with E-state index in [1.54, 1.807) is 55.1 Å². The van der Waals surface area contributed by atoms with Crippen LogP contribution in [0.5, 0.6) is 11.5 Å². The second-order valence-corrected chi connectivity index (χ2v) is 14.0. The minimum Gasteiger partial charge on any atom is -0.508 e. The molecule has 0 bridgehead atoms. The van der Waals surface area contributed by atoms with Crippen molar-refractivity contribution in [2.75, 3.05) is 17.3 Å². The Morgan fingerprint density at radius 2 is 1.47 bits per heavy atom. The smallest absolute Gasteiger partial charge is 0.326 e. The second-order valence-electron chi connectivity index (χ2n) is 12.9. The molecule has 1 aliphatic heterocycles. The molecular weight excluding hydrogens is 709 g/mol. The van der Waals surface area contributed by atoms with Crippen molar-refractivity contribution in [2.24, 2.45) is 5.92 Å². The Bertz CT molecular complexity index is 1890. The summed E-state index contributed by atoms with van der Waals surface area (Å²) in [4.78, 5) is 52.8. The number of aliphatic hydroxyl groups is 1. The summed E-state index contributed by atoms with van der Waals surface area (Å²) in [6.07, 6.45) is -0.978. The van der Waals surface area contributed by atoms with Gasteiger partial charge in [-0.15, -0.1) is 11.8 Å². The molecule has 5 rings (SSSR count). The maximum absolute atomic E-state index is 13.7. The predicted molar refractivity (Wildman–Crippen MR) is 194 cm³/mol. The maximum Gasteiger partial charge on any atom is 0.326 e. The number of aliphatic carboxylic acids is 1. The van der Waals surface area contributed by atoms with Crippen LogP contribution < -0.4 is 20.3 Å². The number of thioether (sulfide) groups is 1.